The SMILES string of the molecule is CCC(CC)(CBr)COc1c(C)cccc1[N+](=O)[O-]. The van der Waals surface area contributed by atoms with Gasteiger partial charge in [0, 0.05) is 16.8 Å². The van der Waals surface area contributed by atoms with E-state index in [0.717, 1.165) is 23.7 Å². The highest BCUT2D eigenvalue weighted by molar-refractivity contribution is 9.09. The Hall–Kier alpha value is -1.10. The highest BCUT2D eigenvalue weighted by Gasteiger charge is 2.27. The summed E-state index contributed by atoms with van der Waals surface area (Å²) < 4.78 is 5.80. The molecule has 4 nitrogen and oxygen atoms in total. The highest BCUT2D eigenvalue weighted by atomic mass is 79.9. The van der Waals surface area contributed by atoms with Gasteiger partial charge in [-0.1, -0.05) is 41.9 Å². The Morgan fingerprint density at radius 1 is 1.37 bits per heavy atom. The molecule has 1 aromatic rings. The molecule has 0 aliphatic rings. The summed E-state index contributed by atoms with van der Waals surface area (Å²) in [6.45, 7) is 6.54. The summed E-state index contributed by atoms with van der Waals surface area (Å²) in [5.74, 6) is 0.389. The van der Waals surface area contributed by atoms with Crippen molar-refractivity contribution in [2.75, 3.05) is 11.9 Å². The first-order valence-corrected chi connectivity index (χ1v) is 7.54. The van der Waals surface area contributed by atoms with E-state index in [9.17, 15) is 10.1 Å². The third-order valence-corrected chi connectivity index (χ3v) is 4.88. The molecule has 0 unspecified atom stereocenters. The van der Waals surface area contributed by atoms with Crippen molar-refractivity contribution >= 4 is 21.6 Å². The van der Waals surface area contributed by atoms with Crippen molar-refractivity contribution < 1.29 is 9.66 Å². The maximum Gasteiger partial charge on any atom is 0.311 e. The number of nitro benzene ring substituents is 1. The van der Waals surface area contributed by atoms with Crippen LogP contribution in [0, 0.1) is 22.5 Å². The van der Waals surface area contributed by atoms with Crippen LogP contribution in [-0.2, 0) is 0 Å². The molecular formula is C14H20BrNO3. The predicted octanol–water partition coefficient (Wildman–Crippen LogP) is 4.48. The average Bonchev–Trinajstić information content (AvgIpc) is 2.42. The Labute approximate surface area is 122 Å². The second-order valence-electron chi connectivity index (χ2n) is 4.81. The molecule has 1 aromatic carbocycles. The Morgan fingerprint density at radius 2 is 2.00 bits per heavy atom. The molecule has 0 N–H and O–H groups in total. The fraction of sp³-hybridized carbons (Fsp3) is 0.571. The van der Waals surface area contributed by atoms with E-state index in [0.29, 0.717) is 12.4 Å². The standard InChI is InChI=1S/C14H20BrNO3/c1-4-14(5-2,9-15)10-19-13-11(3)7-6-8-12(13)16(17)18/h6-8H,4-5,9-10H2,1-3H3. The quantitative estimate of drug-likeness (QED) is 0.421. The van der Waals surface area contributed by atoms with Crippen LogP contribution in [0.25, 0.3) is 0 Å². The highest BCUT2D eigenvalue weighted by Crippen LogP contribution is 2.34. The van der Waals surface area contributed by atoms with Crippen LogP contribution < -0.4 is 4.74 Å². The summed E-state index contributed by atoms with van der Waals surface area (Å²) >= 11 is 3.52. The lowest BCUT2D eigenvalue weighted by atomic mass is 9.86. The van der Waals surface area contributed by atoms with E-state index in [1.54, 1.807) is 6.07 Å². The monoisotopic (exact) mass is 329 g/mol. The molecule has 19 heavy (non-hydrogen) atoms. The van der Waals surface area contributed by atoms with Gasteiger partial charge in [0.25, 0.3) is 0 Å². The van der Waals surface area contributed by atoms with Crippen molar-refractivity contribution in [3.63, 3.8) is 0 Å². The van der Waals surface area contributed by atoms with Crippen LogP contribution in [0.1, 0.15) is 32.3 Å². The zero-order valence-electron chi connectivity index (χ0n) is 11.6. The number of hydrogen-bond acceptors (Lipinski definition) is 3. The first-order valence-electron chi connectivity index (χ1n) is 6.42. The number of alkyl halides is 1. The first-order chi connectivity index (χ1) is 8.99. The average molecular weight is 330 g/mol. The van der Waals surface area contributed by atoms with Gasteiger partial charge in [-0.05, 0) is 25.3 Å². The van der Waals surface area contributed by atoms with Gasteiger partial charge in [-0.25, -0.2) is 0 Å². The lowest BCUT2D eigenvalue weighted by Crippen LogP contribution is -2.29. The maximum atomic E-state index is 11.0. The summed E-state index contributed by atoms with van der Waals surface area (Å²) in [5.41, 5.74) is 0.858. The molecule has 0 aliphatic heterocycles. The van der Waals surface area contributed by atoms with Crippen LogP contribution >= 0.6 is 15.9 Å². The summed E-state index contributed by atoms with van der Waals surface area (Å²) in [7, 11) is 0. The molecule has 0 fully saturated rings. The van der Waals surface area contributed by atoms with Crippen LogP contribution in [0.2, 0.25) is 0 Å². The van der Waals surface area contributed by atoms with E-state index in [4.69, 9.17) is 4.74 Å². The second kappa shape index (κ2) is 6.89. The van der Waals surface area contributed by atoms with Gasteiger partial charge in [0.1, 0.15) is 0 Å². The van der Waals surface area contributed by atoms with E-state index >= 15 is 0 Å². The Bertz CT molecular complexity index is 436. The Balaban J connectivity index is 2.97. The molecule has 0 amide bonds. The van der Waals surface area contributed by atoms with Crippen LogP contribution in [-0.4, -0.2) is 16.9 Å². The third kappa shape index (κ3) is 3.69. The zero-order valence-corrected chi connectivity index (χ0v) is 13.2. The van der Waals surface area contributed by atoms with E-state index < -0.39 is 4.92 Å². The number of benzene rings is 1. The number of ether oxygens (including phenoxy) is 1. The summed E-state index contributed by atoms with van der Waals surface area (Å²) in [6, 6.07) is 4.99. The first kappa shape index (κ1) is 16.0. The minimum absolute atomic E-state index is 0.0240. The number of para-hydroxylation sites is 1. The van der Waals surface area contributed by atoms with Crippen molar-refractivity contribution in [1.29, 1.82) is 0 Å². The van der Waals surface area contributed by atoms with Gasteiger partial charge >= 0.3 is 5.69 Å². The molecule has 0 radical (unpaired) electrons. The molecule has 0 aliphatic carbocycles. The van der Waals surface area contributed by atoms with Crippen molar-refractivity contribution in [1.82, 2.24) is 0 Å². The molecule has 0 bridgehead atoms. The van der Waals surface area contributed by atoms with E-state index in [1.807, 2.05) is 13.0 Å². The maximum absolute atomic E-state index is 11.0. The van der Waals surface area contributed by atoms with Gasteiger partial charge in [-0.2, -0.15) is 0 Å². The molecule has 0 heterocycles. The van der Waals surface area contributed by atoms with Gasteiger partial charge in [0.2, 0.25) is 0 Å². The lowest BCUT2D eigenvalue weighted by Gasteiger charge is -2.29. The van der Waals surface area contributed by atoms with Gasteiger partial charge in [0.05, 0.1) is 11.5 Å². The third-order valence-electron chi connectivity index (χ3n) is 3.69. The summed E-state index contributed by atoms with van der Waals surface area (Å²) in [6.07, 6.45) is 1.93. The molecule has 0 saturated carbocycles. The van der Waals surface area contributed by atoms with Crippen LogP contribution in [0.15, 0.2) is 18.2 Å². The molecule has 0 aromatic heterocycles. The van der Waals surface area contributed by atoms with Gasteiger partial charge in [-0.3, -0.25) is 10.1 Å². The van der Waals surface area contributed by atoms with Crippen LogP contribution in [0.3, 0.4) is 0 Å². The van der Waals surface area contributed by atoms with Crippen molar-refractivity contribution in [2.45, 2.75) is 33.6 Å². The van der Waals surface area contributed by atoms with E-state index in [2.05, 4.69) is 29.8 Å². The Morgan fingerprint density at radius 3 is 2.47 bits per heavy atom. The number of aryl methyl sites for hydroxylation is 1. The largest absolute Gasteiger partial charge is 0.486 e. The molecule has 0 atom stereocenters. The second-order valence-corrected chi connectivity index (χ2v) is 5.37. The number of halogens is 1. The van der Waals surface area contributed by atoms with Crippen LogP contribution in [0.4, 0.5) is 5.69 Å². The van der Waals surface area contributed by atoms with Gasteiger partial charge < -0.3 is 4.74 Å². The van der Waals surface area contributed by atoms with Crippen molar-refractivity contribution in [2.24, 2.45) is 5.41 Å². The van der Waals surface area contributed by atoms with Crippen LogP contribution in [0.5, 0.6) is 5.75 Å². The van der Waals surface area contributed by atoms with Gasteiger partial charge in [0.15, 0.2) is 5.75 Å². The topological polar surface area (TPSA) is 52.4 Å². The predicted molar refractivity (Wildman–Crippen MR) is 80.1 cm³/mol. The molecular weight excluding hydrogens is 310 g/mol. The molecule has 5 heteroatoms. The number of rotatable bonds is 7. The minimum atomic E-state index is -0.393. The molecule has 0 spiro atoms. The van der Waals surface area contributed by atoms with E-state index in [1.165, 1.54) is 6.07 Å². The lowest BCUT2D eigenvalue weighted by molar-refractivity contribution is -0.386. The fourth-order valence-corrected chi connectivity index (χ4v) is 2.83. The number of nitrogens with zero attached hydrogens (tertiary/aromatic N) is 1. The number of hydrogen-bond donors (Lipinski definition) is 0. The Kier molecular flexibility index (Phi) is 5.79. The van der Waals surface area contributed by atoms with E-state index in [-0.39, 0.29) is 11.1 Å². The van der Waals surface area contributed by atoms with Crippen molar-refractivity contribution in [3.05, 3.63) is 33.9 Å². The zero-order chi connectivity index (χ0) is 14.5. The van der Waals surface area contributed by atoms with Crippen molar-refractivity contribution in [3.8, 4) is 5.75 Å². The fourth-order valence-electron chi connectivity index (χ4n) is 1.88. The normalized spacial score (nSPS) is 11.4. The number of nitro groups is 1. The molecule has 106 valence electrons. The molecule has 0 saturated heterocycles. The summed E-state index contributed by atoms with van der Waals surface area (Å²) in [5, 5.41) is 11.8. The van der Waals surface area contributed by atoms with Gasteiger partial charge in [-0.15, -0.1) is 0 Å². The molecule has 1 rings (SSSR count). The smallest absolute Gasteiger partial charge is 0.311 e. The minimum Gasteiger partial charge on any atom is -0.486 e. The summed E-state index contributed by atoms with van der Waals surface area (Å²) in [4.78, 5) is 10.6.